The van der Waals surface area contributed by atoms with E-state index in [1.165, 1.54) is 11.1 Å². The van der Waals surface area contributed by atoms with Gasteiger partial charge in [-0.05, 0) is 97.5 Å². The number of ether oxygens (including phenoxy) is 4. The van der Waals surface area contributed by atoms with Crippen molar-refractivity contribution in [3.63, 3.8) is 0 Å². The number of aryl methyl sites for hydroxylation is 2. The van der Waals surface area contributed by atoms with Crippen molar-refractivity contribution in [2.45, 2.75) is 47.9 Å². The van der Waals surface area contributed by atoms with Crippen molar-refractivity contribution in [3.05, 3.63) is 107 Å². The molecule has 0 radical (unpaired) electrons. The van der Waals surface area contributed by atoms with Gasteiger partial charge in [-0.3, -0.25) is 19.4 Å². The highest BCUT2D eigenvalue weighted by atomic mass is 32.2. The molecular formula is C38H40N2O6S2. The van der Waals surface area contributed by atoms with Gasteiger partial charge in [-0.25, -0.2) is 0 Å². The molecule has 0 spiro atoms. The zero-order chi connectivity index (χ0) is 33.9. The van der Waals surface area contributed by atoms with Gasteiger partial charge in [0.15, 0.2) is 23.0 Å². The lowest BCUT2D eigenvalue weighted by Gasteiger charge is -2.25. The molecule has 2 fully saturated rings. The summed E-state index contributed by atoms with van der Waals surface area (Å²) in [6.45, 7) is 3.91. The summed E-state index contributed by atoms with van der Waals surface area (Å²) in [6.07, 6.45) is 1.70. The molecule has 0 aliphatic carbocycles. The average molecular weight is 685 g/mol. The Labute approximate surface area is 290 Å². The van der Waals surface area contributed by atoms with Crippen LogP contribution in [0.3, 0.4) is 0 Å². The Hall–Kier alpha value is -4.28. The zero-order valence-corrected chi connectivity index (χ0v) is 29.6. The minimum Gasteiger partial charge on any atom is -0.493 e. The molecule has 0 aromatic heterocycles. The summed E-state index contributed by atoms with van der Waals surface area (Å²) in [7, 11) is 6.47. The molecular weight excluding hydrogens is 645 g/mol. The van der Waals surface area contributed by atoms with Crippen LogP contribution in [0.25, 0.3) is 0 Å². The fraction of sp³-hybridized carbons (Fsp3) is 0.316. The Morgan fingerprint density at radius 2 is 0.875 bits per heavy atom. The molecule has 6 rings (SSSR count). The van der Waals surface area contributed by atoms with Crippen LogP contribution in [0.2, 0.25) is 0 Å². The lowest BCUT2D eigenvalue weighted by atomic mass is 10.0. The van der Waals surface area contributed by atoms with Gasteiger partial charge in [-0.1, -0.05) is 36.4 Å². The molecule has 2 saturated heterocycles. The maximum absolute atomic E-state index is 13.3. The van der Waals surface area contributed by atoms with Crippen LogP contribution in [0.5, 0.6) is 23.0 Å². The third-order valence-electron chi connectivity index (χ3n) is 8.82. The van der Waals surface area contributed by atoms with Crippen molar-refractivity contribution >= 4 is 46.7 Å². The summed E-state index contributed by atoms with van der Waals surface area (Å²) < 4.78 is 21.9. The van der Waals surface area contributed by atoms with E-state index in [0.717, 1.165) is 35.3 Å². The zero-order valence-electron chi connectivity index (χ0n) is 28.0. The summed E-state index contributed by atoms with van der Waals surface area (Å²) in [4.78, 5) is 30.3. The van der Waals surface area contributed by atoms with Crippen molar-refractivity contribution in [2.24, 2.45) is 0 Å². The SMILES string of the molecule is COc1ccc([C@@H]2S[C@@H](C)C(=O)N2c2ccc(CCc3ccc(N4C(=O)[C@H](C)S[C@H]4c4ccc(OC)c(OC)c4)cc3)cc2)cc1OC. The number of hydrogen-bond acceptors (Lipinski definition) is 8. The lowest BCUT2D eigenvalue weighted by Crippen LogP contribution is -2.30. The summed E-state index contributed by atoms with van der Waals surface area (Å²) in [5, 5.41) is -0.630. The third kappa shape index (κ3) is 6.56. The average Bonchev–Trinajstić information content (AvgIpc) is 3.60. The van der Waals surface area contributed by atoms with E-state index in [1.807, 2.05) is 84.3 Å². The number of methoxy groups -OCH3 is 4. The van der Waals surface area contributed by atoms with Crippen LogP contribution < -0.4 is 28.7 Å². The number of anilines is 2. The fourth-order valence-corrected chi connectivity index (χ4v) is 8.71. The van der Waals surface area contributed by atoms with E-state index in [-0.39, 0.29) is 33.1 Å². The normalized spacial score (nSPS) is 20.7. The van der Waals surface area contributed by atoms with E-state index in [2.05, 4.69) is 24.3 Å². The molecule has 2 aliphatic rings. The number of rotatable bonds is 11. The standard InChI is InChI=1S/C38H40N2O6S2/c1-23-35(41)39(37(47-23)27-13-19-31(43-3)33(21-27)45-5)29-15-9-25(10-16-29)7-8-26-11-17-30(18-12-26)40-36(42)24(2)48-38(40)28-14-20-32(44-4)34(22-28)46-6/h9-24,37-38H,7-8H2,1-6H3/t23-,24-,37-,38-/m0/s1. The van der Waals surface area contributed by atoms with E-state index >= 15 is 0 Å². The smallest absolute Gasteiger partial charge is 0.241 e. The second kappa shape index (κ2) is 14.5. The van der Waals surface area contributed by atoms with Gasteiger partial charge in [0.2, 0.25) is 11.8 Å². The number of hydrogen-bond donors (Lipinski definition) is 0. The topological polar surface area (TPSA) is 77.5 Å². The molecule has 250 valence electrons. The highest BCUT2D eigenvalue weighted by Gasteiger charge is 2.41. The van der Waals surface area contributed by atoms with Crippen LogP contribution in [0.4, 0.5) is 11.4 Å². The number of benzene rings is 4. The number of nitrogens with zero attached hydrogens (tertiary/aromatic N) is 2. The molecule has 4 aromatic carbocycles. The largest absolute Gasteiger partial charge is 0.493 e. The summed E-state index contributed by atoms with van der Waals surface area (Å²) in [5.41, 5.74) is 6.09. The van der Waals surface area contributed by atoms with E-state index in [4.69, 9.17) is 18.9 Å². The van der Waals surface area contributed by atoms with Gasteiger partial charge in [-0.2, -0.15) is 0 Å². The van der Waals surface area contributed by atoms with E-state index in [1.54, 1.807) is 52.0 Å². The Morgan fingerprint density at radius 1 is 0.521 bits per heavy atom. The molecule has 48 heavy (non-hydrogen) atoms. The minimum absolute atomic E-state index is 0.0882. The molecule has 2 amide bonds. The number of thioether (sulfide) groups is 2. The highest BCUT2D eigenvalue weighted by Crippen LogP contribution is 2.48. The molecule has 2 aliphatic heterocycles. The van der Waals surface area contributed by atoms with Crippen LogP contribution in [0.15, 0.2) is 84.9 Å². The molecule has 0 bridgehead atoms. The molecule has 4 atom stereocenters. The van der Waals surface area contributed by atoms with Gasteiger partial charge < -0.3 is 18.9 Å². The molecule has 4 aromatic rings. The van der Waals surface area contributed by atoms with Crippen molar-refractivity contribution in [2.75, 3.05) is 38.2 Å². The second-order valence-electron chi connectivity index (χ2n) is 11.7. The second-order valence-corrected chi connectivity index (χ2v) is 14.6. The van der Waals surface area contributed by atoms with Gasteiger partial charge in [0, 0.05) is 11.4 Å². The molecule has 0 saturated carbocycles. The van der Waals surface area contributed by atoms with Gasteiger partial charge in [0.25, 0.3) is 0 Å². The molecule has 10 heteroatoms. The van der Waals surface area contributed by atoms with E-state index < -0.39 is 0 Å². The van der Waals surface area contributed by atoms with E-state index in [9.17, 15) is 9.59 Å². The number of carbonyl (C=O) groups is 2. The predicted molar refractivity (Wildman–Crippen MR) is 194 cm³/mol. The highest BCUT2D eigenvalue weighted by molar-refractivity contribution is 8.01. The van der Waals surface area contributed by atoms with Gasteiger partial charge in [-0.15, -0.1) is 23.5 Å². The van der Waals surface area contributed by atoms with Gasteiger partial charge in [0.1, 0.15) is 10.7 Å². The third-order valence-corrected chi connectivity index (χ3v) is 11.5. The first-order valence-electron chi connectivity index (χ1n) is 15.8. The van der Waals surface area contributed by atoms with Crippen LogP contribution >= 0.6 is 23.5 Å². The van der Waals surface area contributed by atoms with Gasteiger partial charge >= 0.3 is 0 Å². The molecule has 0 unspecified atom stereocenters. The Morgan fingerprint density at radius 3 is 1.21 bits per heavy atom. The van der Waals surface area contributed by atoms with E-state index in [0.29, 0.717) is 23.0 Å². The van der Waals surface area contributed by atoms with Crippen molar-refractivity contribution in [1.82, 2.24) is 0 Å². The van der Waals surface area contributed by atoms with Gasteiger partial charge in [0.05, 0.1) is 38.9 Å². The maximum atomic E-state index is 13.3. The van der Waals surface area contributed by atoms with Crippen LogP contribution in [0, 0.1) is 0 Å². The molecule has 0 N–H and O–H groups in total. The fourth-order valence-electron chi connectivity index (χ4n) is 6.18. The number of amides is 2. The summed E-state index contributed by atoms with van der Waals surface area (Å²) in [5.74, 6) is 2.78. The quantitative estimate of drug-likeness (QED) is 0.158. The van der Waals surface area contributed by atoms with Crippen molar-refractivity contribution < 1.29 is 28.5 Å². The predicted octanol–water partition coefficient (Wildman–Crippen LogP) is 7.84. The summed E-state index contributed by atoms with van der Waals surface area (Å²) in [6, 6.07) is 28.2. The monoisotopic (exact) mass is 684 g/mol. The maximum Gasteiger partial charge on any atom is 0.241 e. The van der Waals surface area contributed by atoms with Crippen LogP contribution in [-0.4, -0.2) is 50.8 Å². The number of carbonyl (C=O) groups excluding carboxylic acids is 2. The Balaban J connectivity index is 1.14. The minimum atomic E-state index is -0.160. The molecule has 8 nitrogen and oxygen atoms in total. The van der Waals surface area contributed by atoms with Crippen molar-refractivity contribution in [1.29, 1.82) is 0 Å². The molecule has 2 heterocycles. The first-order valence-corrected chi connectivity index (χ1v) is 17.7. The van der Waals surface area contributed by atoms with Crippen LogP contribution in [-0.2, 0) is 22.4 Å². The Bertz CT molecular complexity index is 1650. The lowest BCUT2D eigenvalue weighted by molar-refractivity contribution is -0.118. The Kier molecular flexibility index (Phi) is 10.1. The summed E-state index contributed by atoms with van der Waals surface area (Å²) >= 11 is 3.26. The van der Waals surface area contributed by atoms with Crippen LogP contribution in [0.1, 0.15) is 46.8 Å². The first-order chi connectivity index (χ1) is 23.3. The first kappa shape index (κ1) is 33.6. The van der Waals surface area contributed by atoms with Crippen molar-refractivity contribution in [3.8, 4) is 23.0 Å².